The van der Waals surface area contributed by atoms with Gasteiger partial charge in [0.25, 0.3) is 5.69 Å². The van der Waals surface area contributed by atoms with E-state index in [1.54, 1.807) is 19.2 Å². The fourth-order valence-corrected chi connectivity index (χ4v) is 5.48. The number of nitrogens with zero attached hydrogens (tertiary/aromatic N) is 4. The molecule has 9 nitrogen and oxygen atoms in total. The molecule has 0 aromatic heterocycles. The van der Waals surface area contributed by atoms with Crippen molar-refractivity contribution in [2.75, 3.05) is 48.0 Å². The Balaban J connectivity index is 1.35. The summed E-state index contributed by atoms with van der Waals surface area (Å²) in [5.74, 6) is -0.209. The first-order chi connectivity index (χ1) is 16.5. The van der Waals surface area contributed by atoms with Crippen molar-refractivity contribution in [1.29, 1.82) is 0 Å². The molecule has 2 aromatic rings. The van der Waals surface area contributed by atoms with Crippen LogP contribution >= 0.6 is 0 Å². The molecule has 1 aliphatic carbocycles. The van der Waals surface area contributed by atoms with Crippen molar-refractivity contribution in [3.8, 4) is 5.75 Å². The van der Waals surface area contributed by atoms with E-state index < -0.39 is 4.92 Å². The minimum Gasteiger partial charge on any atom is -0.497 e. The molecule has 0 spiro atoms. The number of amides is 2. The van der Waals surface area contributed by atoms with Gasteiger partial charge in [0.2, 0.25) is 11.8 Å². The van der Waals surface area contributed by atoms with Crippen LogP contribution in [0.1, 0.15) is 25.7 Å². The van der Waals surface area contributed by atoms with Gasteiger partial charge >= 0.3 is 0 Å². The highest BCUT2D eigenvalue weighted by Gasteiger charge is 2.49. The van der Waals surface area contributed by atoms with Crippen molar-refractivity contribution in [1.82, 2.24) is 0 Å². The number of methoxy groups -OCH3 is 1. The number of rotatable bonds is 5. The summed E-state index contributed by atoms with van der Waals surface area (Å²) in [6, 6.07) is 12.6. The summed E-state index contributed by atoms with van der Waals surface area (Å²) >= 11 is 0. The van der Waals surface area contributed by atoms with Gasteiger partial charge in [-0.25, -0.2) is 4.90 Å². The van der Waals surface area contributed by atoms with Crippen LogP contribution in [0.2, 0.25) is 0 Å². The van der Waals surface area contributed by atoms with Crippen LogP contribution in [0.25, 0.3) is 0 Å². The molecule has 178 valence electrons. The van der Waals surface area contributed by atoms with E-state index in [0.29, 0.717) is 37.3 Å². The normalized spacial score (nSPS) is 22.7. The molecule has 0 radical (unpaired) electrons. The van der Waals surface area contributed by atoms with E-state index in [1.165, 1.54) is 11.0 Å². The molecule has 0 N–H and O–H groups in total. The van der Waals surface area contributed by atoms with Crippen LogP contribution in [0.3, 0.4) is 0 Å². The maximum absolute atomic E-state index is 12.9. The average molecular weight is 465 g/mol. The Morgan fingerprint density at radius 3 is 1.97 bits per heavy atom. The number of nitro groups is 1. The fourth-order valence-electron chi connectivity index (χ4n) is 5.48. The molecule has 0 bridgehead atoms. The molecule has 34 heavy (non-hydrogen) atoms. The molecule has 2 unspecified atom stereocenters. The zero-order valence-electron chi connectivity index (χ0n) is 19.2. The Kier molecular flexibility index (Phi) is 5.85. The van der Waals surface area contributed by atoms with Gasteiger partial charge in [0.15, 0.2) is 0 Å². The molecule has 2 heterocycles. The first-order valence-corrected chi connectivity index (χ1v) is 11.8. The van der Waals surface area contributed by atoms with Gasteiger partial charge in [-0.3, -0.25) is 19.7 Å². The molecule has 2 aromatic carbocycles. The SMILES string of the molecule is COc1ccc(N2CCN(c3ccc(N4C(=O)C5CCCCC5C4=O)cc3[N+](=O)[O-])CC2)cc1. The molecule has 1 saturated carbocycles. The second kappa shape index (κ2) is 8.96. The summed E-state index contributed by atoms with van der Waals surface area (Å²) in [6.45, 7) is 2.69. The van der Waals surface area contributed by atoms with Gasteiger partial charge in [-0.2, -0.15) is 0 Å². The van der Waals surface area contributed by atoms with Crippen LogP contribution in [0.4, 0.5) is 22.7 Å². The molecule has 3 fully saturated rings. The summed E-state index contributed by atoms with van der Waals surface area (Å²) in [4.78, 5) is 42.8. The molecular weight excluding hydrogens is 436 g/mol. The molecule has 2 amide bonds. The molecule has 5 rings (SSSR count). The van der Waals surface area contributed by atoms with Gasteiger partial charge in [0.1, 0.15) is 11.4 Å². The number of ether oxygens (including phenoxy) is 1. The van der Waals surface area contributed by atoms with Crippen molar-refractivity contribution in [3.05, 3.63) is 52.6 Å². The number of hydrogen-bond acceptors (Lipinski definition) is 7. The number of benzene rings is 2. The summed E-state index contributed by atoms with van der Waals surface area (Å²) in [7, 11) is 1.63. The monoisotopic (exact) mass is 464 g/mol. The topological polar surface area (TPSA) is 96.2 Å². The van der Waals surface area contributed by atoms with Crippen molar-refractivity contribution in [2.45, 2.75) is 25.7 Å². The zero-order chi connectivity index (χ0) is 23.8. The van der Waals surface area contributed by atoms with Crippen LogP contribution in [0.15, 0.2) is 42.5 Å². The van der Waals surface area contributed by atoms with E-state index in [9.17, 15) is 19.7 Å². The molecule has 2 atom stereocenters. The van der Waals surface area contributed by atoms with Crippen LogP contribution in [0, 0.1) is 22.0 Å². The standard InChI is InChI=1S/C25H28N4O5/c1-34-19-9-6-17(7-10-19)26-12-14-27(15-13-26)22-11-8-18(16-23(22)29(32)33)28-24(30)20-4-2-3-5-21(20)25(28)31/h6-11,16,20-21H,2-5,12-15H2,1H3. The number of hydrogen-bond donors (Lipinski definition) is 0. The predicted octanol–water partition coefficient (Wildman–Crippen LogP) is 3.61. The minimum atomic E-state index is -0.424. The summed E-state index contributed by atoms with van der Waals surface area (Å²) in [6.07, 6.45) is 3.31. The number of carbonyl (C=O) groups is 2. The maximum atomic E-state index is 12.9. The van der Waals surface area contributed by atoms with Crippen LogP contribution < -0.4 is 19.4 Å². The van der Waals surface area contributed by atoms with Gasteiger partial charge < -0.3 is 14.5 Å². The predicted molar refractivity (Wildman–Crippen MR) is 128 cm³/mol. The Morgan fingerprint density at radius 1 is 0.853 bits per heavy atom. The quantitative estimate of drug-likeness (QED) is 0.379. The molecular formula is C25H28N4O5. The van der Waals surface area contributed by atoms with Crippen LogP contribution in [-0.4, -0.2) is 50.0 Å². The highest BCUT2D eigenvalue weighted by molar-refractivity contribution is 6.22. The highest BCUT2D eigenvalue weighted by Crippen LogP contribution is 2.42. The first kappa shape index (κ1) is 22.2. The molecule has 9 heteroatoms. The number of piperazine rings is 1. The lowest BCUT2D eigenvalue weighted by atomic mass is 9.81. The van der Waals surface area contributed by atoms with E-state index in [4.69, 9.17) is 4.74 Å². The number of fused-ring (bicyclic) bond motifs is 1. The highest BCUT2D eigenvalue weighted by atomic mass is 16.6. The van der Waals surface area contributed by atoms with E-state index >= 15 is 0 Å². The third-order valence-electron chi connectivity index (χ3n) is 7.31. The smallest absolute Gasteiger partial charge is 0.294 e. The van der Waals surface area contributed by atoms with Crippen LogP contribution in [-0.2, 0) is 9.59 Å². The summed E-state index contributed by atoms with van der Waals surface area (Å²) in [5, 5.41) is 12.0. The second-order valence-electron chi connectivity index (χ2n) is 9.11. The molecule has 2 saturated heterocycles. The van der Waals surface area contributed by atoms with Gasteiger partial charge in [-0.15, -0.1) is 0 Å². The van der Waals surface area contributed by atoms with Crippen molar-refractivity contribution in [2.24, 2.45) is 11.8 Å². The average Bonchev–Trinajstić information content (AvgIpc) is 3.13. The van der Waals surface area contributed by atoms with Gasteiger partial charge in [0, 0.05) is 37.9 Å². The number of carbonyl (C=O) groups excluding carboxylic acids is 2. The van der Waals surface area contributed by atoms with Gasteiger partial charge in [-0.1, -0.05) is 12.8 Å². The third kappa shape index (κ3) is 3.85. The van der Waals surface area contributed by atoms with Crippen molar-refractivity contribution in [3.63, 3.8) is 0 Å². The Morgan fingerprint density at radius 2 is 1.41 bits per heavy atom. The van der Waals surface area contributed by atoms with Crippen LogP contribution in [0.5, 0.6) is 5.75 Å². The molecule has 2 aliphatic heterocycles. The third-order valence-corrected chi connectivity index (χ3v) is 7.31. The largest absolute Gasteiger partial charge is 0.497 e. The van der Waals surface area contributed by atoms with E-state index in [1.807, 2.05) is 29.2 Å². The number of anilines is 3. The van der Waals surface area contributed by atoms with E-state index in [-0.39, 0.29) is 29.3 Å². The Bertz CT molecular complexity index is 1090. The van der Waals surface area contributed by atoms with E-state index in [2.05, 4.69) is 4.90 Å². The lowest BCUT2D eigenvalue weighted by Crippen LogP contribution is -2.46. The maximum Gasteiger partial charge on any atom is 0.294 e. The Hall–Kier alpha value is -3.62. The number of imide groups is 1. The fraction of sp³-hybridized carbons (Fsp3) is 0.440. The number of nitro benzene ring substituents is 1. The van der Waals surface area contributed by atoms with Gasteiger partial charge in [-0.05, 0) is 49.2 Å². The molecule has 3 aliphatic rings. The lowest BCUT2D eigenvalue weighted by molar-refractivity contribution is -0.384. The Labute approximate surface area is 198 Å². The second-order valence-corrected chi connectivity index (χ2v) is 9.11. The summed E-state index contributed by atoms with van der Waals surface area (Å²) < 4.78 is 5.22. The van der Waals surface area contributed by atoms with E-state index in [0.717, 1.165) is 37.4 Å². The van der Waals surface area contributed by atoms with Crippen molar-refractivity contribution < 1.29 is 19.2 Å². The van der Waals surface area contributed by atoms with Crippen molar-refractivity contribution >= 4 is 34.6 Å². The zero-order valence-corrected chi connectivity index (χ0v) is 19.2. The lowest BCUT2D eigenvalue weighted by Gasteiger charge is -2.37. The minimum absolute atomic E-state index is 0.0779. The summed E-state index contributed by atoms with van der Waals surface area (Å²) in [5.41, 5.74) is 1.82. The van der Waals surface area contributed by atoms with Gasteiger partial charge in [0.05, 0.1) is 29.6 Å². The first-order valence-electron chi connectivity index (χ1n) is 11.8.